The highest BCUT2D eigenvalue weighted by atomic mass is 15.3. The second-order valence-electron chi connectivity index (χ2n) is 5.85. The Hall–Kier alpha value is -0.930. The van der Waals surface area contributed by atoms with Crippen LogP contribution in [-0.4, -0.2) is 35.1 Å². The van der Waals surface area contributed by atoms with Crippen molar-refractivity contribution in [1.82, 2.24) is 15.2 Å². The first-order valence-electron chi connectivity index (χ1n) is 7.14. The molecule has 0 bridgehead atoms. The van der Waals surface area contributed by atoms with Gasteiger partial charge in [0, 0.05) is 43.6 Å². The van der Waals surface area contributed by atoms with Crippen molar-refractivity contribution in [3.05, 3.63) is 30.1 Å². The molecule has 1 saturated heterocycles. The Morgan fingerprint density at radius 1 is 1.33 bits per heavy atom. The number of nitrogens with one attached hydrogen (secondary N) is 1. The van der Waals surface area contributed by atoms with Crippen LogP contribution in [0.1, 0.15) is 38.3 Å². The Bertz CT molecular complexity index is 388. The summed E-state index contributed by atoms with van der Waals surface area (Å²) in [7, 11) is 0. The molecular formula is C15H23N3. The number of rotatable bonds is 3. The van der Waals surface area contributed by atoms with Crippen LogP contribution in [0.15, 0.2) is 24.5 Å². The van der Waals surface area contributed by atoms with E-state index in [0.29, 0.717) is 18.1 Å². The molecule has 18 heavy (non-hydrogen) atoms. The molecule has 1 aliphatic heterocycles. The fraction of sp³-hybridized carbons (Fsp3) is 0.667. The number of pyridine rings is 1. The molecule has 1 aromatic rings. The van der Waals surface area contributed by atoms with Crippen molar-refractivity contribution in [2.24, 2.45) is 5.92 Å². The van der Waals surface area contributed by atoms with Crippen molar-refractivity contribution in [3.8, 4) is 0 Å². The van der Waals surface area contributed by atoms with Crippen molar-refractivity contribution < 1.29 is 0 Å². The van der Waals surface area contributed by atoms with Crippen LogP contribution < -0.4 is 5.32 Å². The van der Waals surface area contributed by atoms with Gasteiger partial charge in [0.05, 0.1) is 0 Å². The zero-order valence-corrected chi connectivity index (χ0v) is 11.3. The SMILES string of the molecule is CC1CNC(C2CC2)CN1C(C)c1ccncc1. The predicted molar refractivity (Wildman–Crippen MR) is 73.3 cm³/mol. The van der Waals surface area contributed by atoms with E-state index in [1.54, 1.807) is 0 Å². The summed E-state index contributed by atoms with van der Waals surface area (Å²) in [6.45, 7) is 6.96. The van der Waals surface area contributed by atoms with Crippen LogP contribution in [0, 0.1) is 5.92 Å². The third-order valence-corrected chi connectivity index (χ3v) is 4.53. The fourth-order valence-corrected chi connectivity index (χ4v) is 3.10. The second kappa shape index (κ2) is 4.98. The molecule has 3 nitrogen and oxygen atoms in total. The van der Waals surface area contributed by atoms with Crippen LogP contribution in [-0.2, 0) is 0 Å². The predicted octanol–water partition coefficient (Wildman–Crippen LogP) is 2.21. The van der Waals surface area contributed by atoms with Crippen LogP contribution in [0.4, 0.5) is 0 Å². The lowest BCUT2D eigenvalue weighted by atomic mass is 10.0. The third kappa shape index (κ3) is 2.43. The van der Waals surface area contributed by atoms with Gasteiger partial charge in [-0.2, -0.15) is 0 Å². The molecule has 3 atom stereocenters. The van der Waals surface area contributed by atoms with E-state index in [0.717, 1.165) is 12.5 Å². The van der Waals surface area contributed by atoms with E-state index < -0.39 is 0 Å². The minimum Gasteiger partial charge on any atom is -0.311 e. The molecule has 1 N–H and O–H groups in total. The van der Waals surface area contributed by atoms with E-state index >= 15 is 0 Å². The largest absolute Gasteiger partial charge is 0.311 e. The Morgan fingerprint density at radius 2 is 2.06 bits per heavy atom. The van der Waals surface area contributed by atoms with Crippen molar-refractivity contribution in [2.45, 2.75) is 44.8 Å². The minimum atomic E-state index is 0.492. The topological polar surface area (TPSA) is 28.2 Å². The van der Waals surface area contributed by atoms with Crippen molar-refractivity contribution in [1.29, 1.82) is 0 Å². The number of nitrogens with zero attached hydrogens (tertiary/aromatic N) is 2. The van der Waals surface area contributed by atoms with E-state index in [9.17, 15) is 0 Å². The summed E-state index contributed by atoms with van der Waals surface area (Å²) in [5.41, 5.74) is 1.38. The maximum absolute atomic E-state index is 4.11. The lowest BCUT2D eigenvalue weighted by Gasteiger charge is -2.42. The molecule has 0 amide bonds. The van der Waals surface area contributed by atoms with E-state index in [1.165, 1.54) is 24.9 Å². The molecule has 1 saturated carbocycles. The smallest absolute Gasteiger partial charge is 0.0325 e. The van der Waals surface area contributed by atoms with Crippen LogP contribution in [0.25, 0.3) is 0 Å². The maximum atomic E-state index is 4.11. The van der Waals surface area contributed by atoms with Gasteiger partial charge in [-0.3, -0.25) is 9.88 Å². The Balaban J connectivity index is 1.72. The molecule has 0 radical (unpaired) electrons. The van der Waals surface area contributed by atoms with Gasteiger partial charge in [0.2, 0.25) is 0 Å². The number of hydrogen-bond acceptors (Lipinski definition) is 3. The molecule has 2 heterocycles. The molecule has 2 fully saturated rings. The third-order valence-electron chi connectivity index (χ3n) is 4.53. The Morgan fingerprint density at radius 3 is 2.72 bits per heavy atom. The summed E-state index contributed by atoms with van der Waals surface area (Å²) in [5.74, 6) is 0.935. The first-order chi connectivity index (χ1) is 8.75. The number of piperazine rings is 1. The van der Waals surface area contributed by atoms with E-state index in [-0.39, 0.29) is 0 Å². The molecule has 1 aromatic heterocycles. The van der Waals surface area contributed by atoms with Gasteiger partial charge in [-0.15, -0.1) is 0 Å². The van der Waals surface area contributed by atoms with Crippen molar-refractivity contribution in [2.75, 3.05) is 13.1 Å². The lowest BCUT2D eigenvalue weighted by Crippen LogP contribution is -2.56. The highest BCUT2D eigenvalue weighted by Gasteiger charge is 2.37. The van der Waals surface area contributed by atoms with E-state index in [2.05, 4.69) is 41.2 Å². The second-order valence-corrected chi connectivity index (χ2v) is 5.85. The zero-order chi connectivity index (χ0) is 12.5. The Kier molecular flexibility index (Phi) is 3.35. The van der Waals surface area contributed by atoms with Crippen molar-refractivity contribution in [3.63, 3.8) is 0 Å². The molecular weight excluding hydrogens is 222 g/mol. The van der Waals surface area contributed by atoms with Gasteiger partial charge in [0.1, 0.15) is 0 Å². The van der Waals surface area contributed by atoms with Crippen LogP contribution in [0.5, 0.6) is 0 Å². The molecule has 3 rings (SSSR count). The highest BCUT2D eigenvalue weighted by Crippen LogP contribution is 2.35. The van der Waals surface area contributed by atoms with Gasteiger partial charge in [-0.1, -0.05) is 0 Å². The van der Waals surface area contributed by atoms with Crippen LogP contribution in [0.3, 0.4) is 0 Å². The average Bonchev–Trinajstić information content (AvgIpc) is 3.24. The number of aromatic nitrogens is 1. The fourth-order valence-electron chi connectivity index (χ4n) is 3.10. The monoisotopic (exact) mass is 245 g/mol. The van der Waals surface area contributed by atoms with Gasteiger partial charge in [-0.25, -0.2) is 0 Å². The van der Waals surface area contributed by atoms with Gasteiger partial charge in [0.25, 0.3) is 0 Å². The summed E-state index contributed by atoms with van der Waals surface area (Å²) in [5, 5.41) is 3.71. The lowest BCUT2D eigenvalue weighted by molar-refractivity contribution is 0.0924. The van der Waals surface area contributed by atoms with Gasteiger partial charge < -0.3 is 5.32 Å². The van der Waals surface area contributed by atoms with Crippen molar-refractivity contribution >= 4 is 0 Å². The molecule has 2 aliphatic rings. The van der Waals surface area contributed by atoms with Gasteiger partial charge >= 0.3 is 0 Å². The number of hydrogen-bond donors (Lipinski definition) is 1. The molecule has 3 heteroatoms. The average molecular weight is 245 g/mol. The van der Waals surface area contributed by atoms with Gasteiger partial charge in [-0.05, 0) is 50.3 Å². The molecule has 3 unspecified atom stereocenters. The normalized spacial score (nSPS) is 31.2. The highest BCUT2D eigenvalue weighted by molar-refractivity contribution is 5.15. The summed E-state index contributed by atoms with van der Waals surface area (Å²) in [6, 6.07) is 6.11. The first-order valence-corrected chi connectivity index (χ1v) is 7.14. The molecule has 98 valence electrons. The van der Waals surface area contributed by atoms with Crippen LogP contribution >= 0.6 is 0 Å². The first kappa shape index (κ1) is 12.1. The molecule has 0 aromatic carbocycles. The minimum absolute atomic E-state index is 0.492. The summed E-state index contributed by atoms with van der Waals surface area (Å²) < 4.78 is 0. The standard InChI is InChI=1S/C15H23N3/c1-11-9-17-15(14-3-4-14)10-18(11)12(2)13-5-7-16-8-6-13/h5-8,11-12,14-15,17H,3-4,9-10H2,1-2H3. The maximum Gasteiger partial charge on any atom is 0.0325 e. The molecule has 1 aliphatic carbocycles. The zero-order valence-electron chi connectivity index (χ0n) is 11.3. The Labute approximate surface area is 110 Å². The van der Waals surface area contributed by atoms with E-state index in [4.69, 9.17) is 0 Å². The van der Waals surface area contributed by atoms with E-state index in [1.807, 2.05) is 12.4 Å². The van der Waals surface area contributed by atoms with Gasteiger partial charge in [0.15, 0.2) is 0 Å². The summed E-state index contributed by atoms with van der Waals surface area (Å²) >= 11 is 0. The summed E-state index contributed by atoms with van der Waals surface area (Å²) in [4.78, 5) is 6.76. The van der Waals surface area contributed by atoms with Crippen LogP contribution in [0.2, 0.25) is 0 Å². The molecule has 0 spiro atoms. The summed E-state index contributed by atoms with van der Waals surface area (Å²) in [6.07, 6.45) is 6.64. The quantitative estimate of drug-likeness (QED) is 0.885.